The van der Waals surface area contributed by atoms with Crippen molar-refractivity contribution < 1.29 is 26.4 Å². The molecule has 1 aromatic carbocycles. The normalized spacial score (nSPS) is 12.8. The summed E-state index contributed by atoms with van der Waals surface area (Å²) in [5, 5.41) is 0. The molecule has 0 bridgehead atoms. The van der Waals surface area contributed by atoms with Crippen molar-refractivity contribution in [3.63, 3.8) is 0 Å². The molecule has 33 heavy (non-hydrogen) atoms. The van der Waals surface area contributed by atoms with Crippen LogP contribution in [0.5, 0.6) is 5.75 Å². The molecule has 0 N–H and O–H groups in total. The Kier molecular flexibility index (Phi) is 13.8. The quantitative estimate of drug-likeness (QED) is 0.248. The molecule has 11 heteroatoms. The summed E-state index contributed by atoms with van der Waals surface area (Å²) in [5.41, 5.74) is 1.47. The lowest BCUT2D eigenvalue weighted by atomic mass is 10.0. The summed E-state index contributed by atoms with van der Waals surface area (Å²) < 4.78 is 52.6. The van der Waals surface area contributed by atoms with Crippen LogP contribution in [0.2, 0.25) is 0 Å². The van der Waals surface area contributed by atoms with E-state index in [4.69, 9.17) is 4.74 Å². The predicted octanol–water partition coefficient (Wildman–Crippen LogP) is 3.27. The molecular weight excluding hydrogens is 532 g/mol. The number of benzene rings is 1. The largest absolute Gasteiger partial charge is 0.426 e. The predicted molar refractivity (Wildman–Crippen MR) is 140 cm³/mol. The van der Waals surface area contributed by atoms with Gasteiger partial charge >= 0.3 is 5.97 Å². The Morgan fingerprint density at radius 1 is 0.970 bits per heavy atom. The summed E-state index contributed by atoms with van der Waals surface area (Å²) in [5.74, 6) is -0.140. The van der Waals surface area contributed by atoms with E-state index in [-0.39, 0.29) is 60.0 Å². The molecule has 8 nitrogen and oxygen atoms in total. The van der Waals surface area contributed by atoms with Gasteiger partial charge in [-0.2, -0.15) is 0 Å². The van der Waals surface area contributed by atoms with Crippen LogP contribution in [0.1, 0.15) is 52.1 Å². The van der Waals surface area contributed by atoms with E-state index in [1.54, 1.807) is 11.0 Å². The Morgan fingerprint density at radius 3 is 1.91 bits per heavy atom. The number of halogens is 1. The maximum atomic E-state index is 12.3. The van der Waals surface area contributed by atoms with Gasteiger partial charge in [0.1, 0.15) is 25.4 Å². The molecule has 1 unspecified atom stereocenters. The highest BCUT2D eigenvalue weighted by molar-refractivity contribution is 8.93. The molecule has 0 aliphatic carbocycles. The van der Waals surface area contributed by atoms with Crippen molar-refractivity contribution in [2.24, 2.45) is 0 Å². The van der Waals surface area contributed by atoms with E-state index >= 15 is 0 Å². The molecule has 0 heterocycles. The summed E-state index contributed by atoms with van der Waals surface area (Å²) in [4.78, 5) is 16.2. The van der Waals surface area contributed by atoms with Gasteiger partial charge in [-0.05, 0) is 32.5 Å². The molecule has 0 spiro atoms. The zero-order valence-corrected chi connectivity index (χ0v) is 23.9. The molecule has 0 fully saturated rings. The minimum absolute atomic E-state index is 0. The van der Waals surface area contributed by atoms with Gasteiger partial charge in [-0.25, -0.2) is 16.8 Å². The summed E-state index contributed by atoms with van der Waals surface area (Å²) in [6, 6.07) is 5.43. The third-order valence-electron chi connectivity index (χ3n) is 5.31. The lowest BCUT2D eigenvalue weighted by Gasteiger charge is -2.30. The third kappa shape index (κ3) is 11.7. The second-order valence-corrected chi connectivity index (χ2v) is 12.6. The molecule has 0 saturated heterocycles. The molecule has 0 amide bonds. The van der Waals surface area contributed by atoms with Gasteiger partial charge in [-0.1, -0.05) is 26.8 Å². The van der Waals surface area contributed by atoms with E-state index in [2.05, 4.69) is 18.7 Å². The van der Waals surface area contributed by atoms with Crippen LogP contribution in [-0.4, -0.2) is 77.9 Å². The minimum atomic E-state index is -3.24. The molecule has 0 radical (unpaired) electrons. The van der Waals surface area contributed by atoms with Crippen molar-refractivity contribution in [2.45, 2.75) is 46.6 Å². The molecule has 0 aromatic heterocycles. The minimum Gasteiger partial charge on any atom is -0.426 e. The Bertz CT molecular complexity index is 927. The molecule has 0 aliphatic rings. The van der Waals surface area contributed by atoms with Crippen LogP contribution < -0.4 is 9.64 Å². The summed E-state index contributed by atoms with van der Waals surface area (Å²) >= 11 is 0. The number of carbonyl (C=O) groups excluding carboxylic acids is 1. The first kappa shape index (κ1) is 31.8. The van der Waals surface area contributed by atoms with E-state index in [0.29, 0.717) is 17.9 Å². The van der Waals surface area contributed by atoms with Gasteiger partial charge in [0, 0.05) is 55.4 Å². The molecule has 1 rings (SSSR count). The fourth-order valence-electron chi connectivity index (χ4n) is 3.42. The van der Waals surface area contributed by atoms with Crippen LogP contribution in [-0.2, 0) is 24.5 Å². The Balaban J connectivity index is 0.0000102. The summed E-state index contributed by atoms with van der Waals surface area (Å²) in [7, 11) is -6.48. The second kappa shape index (κ2) is 14.3. The van der Waals surface area contributed by atoms with E-state index in [9.17, 15) is 21.6 Å². The Hall–Kier alpha value is -1.17. The lowest BCUT2D eigenvalue weighted by molar-refractivity contribution is -0.134. The molecule has 1 atom stereocenters. The van der Waals surface area contributed by atoms with Gasteiger partial charge in [0.05, 0.1) is 11.5 Å². The summed E-state index contributed by atoms with van der Waals surface area (Å²) in [6.07, 6.45) is 3.24. The highest BCUT2D eigenvalue weighted by atomic mass is 79.9. The van der Waals surface area contributed by atoms with Crippen molar-refractivity contribution >= 4 is 48.3 Å². The number of carbonyl (C=O) groups is 1. The number of esters is 1. The number of sulfone groups is 2. The molecular formula is C22H39BrN2O6S2. The smallest absolute Gasteiger partial charge is 0.311 e. The van der Waals surface area contributed by atoms with Gasteiger partial charge in [0.25, 0.3) is 0 Å². The Morgan fingerprint density at radius 2 is 1.48 bits per heavy atom. The topological polar surface area (TPSA) is 101 Å². The number of anilines is 1. The van der Waals surface area contributed by atoms with Crippen LogP contribution in [0.4, 0.5) is 5.69 Å². The SMILES string of the molecule is Br.CCCC(=O)Oc1cc(N(CCS(C)(=O)=O)CCS(C)(=O)=O)ccc1C(C)N(CC)CC. The van der Waals surface area contributed by atoms with E-state index in [0.717, 1.165) is 31.2 Å². The maximum Gasteiger partial charge on any atom is 0.311 e. The van der Waals surface area contributed by atoms with Gasteiger partial charge < -0.3 is 9.64 Å². The van der Waals surface area contributed by atoms with Crippen LogP contribution in [0.25, 0.3) is 0 Å². The first-order valence-electron chi connectivity index (χ1n) is 11.0. The number of hydrogen-bond donors (Lipinski definition) is 0. The molecule has 1 aromatic rings. The second-order valence-electron chi connectivity index (χ2n) is 8.09. The van der Waals surface area contributed by atoms with Crippen molar-refractivity contribution in [1.29, 1.82) is 0 Å². The van der Waals surface area contributed by atoms with Gasteiger partial charge in [-0.3, -0.25) is 9.69 Å². The van der Waals surface area contributed by atoms with Crippen molar-refractivity contribution in [2.75, 3.05) is 55.1 Å². The van der Waals surface area contributed by atoms with Gasteiger partial charge in [0.15, 0.2) is 0 Å². The van der Waals surface area contributed by atoms with Gasteiger partial charge in [-0.15, -0.1) is 17.0 Å². The molecule has 0 aliphatic heterocycles. The zero-order valence-electron chi connectivity index (χ0n) is 20.5. The van der Waals surface area contributed by atoms with Crippen LogP contribution in [0.3, 0.4) is 0 Å². The van der Waals surface area contributed by atoms with Gasteiger partial charge in [0.2, 0.25) is 0 Å². The third-order valence-corrected chi connectivity index (χ3v) is 7.16. The number of nitrogens with zero attached hydrogens (tertiary/aromatic N) is 2. The van der Waals surface area contributed by atoms with Crippen LogP contribution in [0, 0.1) is 0 Å². The van der Waals surface area contributed by atoms with E-state index < -0.39 is 19.7 Å². The maximum absolute atomic E-state index is 12.3. The van der Waals surface area contributed by atoms with E-state index in [1.165, 1.54) is 0 Å². The van der Waals surface area contributed by atoms with E-state index in [1.807, 2.05) is 26.0 Å². The highest BCUT2D eigenvalue weighted by Crippen LogP contribution is 2.33. The highest BCUT2D eigenvalue weighted by Gasteiger charge is 2.21. The fourth-order valence-corrected chi connectivity index (χ4v) is 4.53. The fraction of sp³-hybridized carbons (Fsp3) is 0.682. The monoisotopic (exact) mass is 570 g/mol. The van der Waals surface area contributed by atoms with Crippen LogP contribution in [0.15, 0.2) is 18.2 Å². The van der Waals surface area contributed by atoms with Crippen molar-refractivity contribution in [3.8, 4) is 5.75 Å². The molecule has 0 saturated carbocycles. The number of rotatable bonds is 14. The standard InChI is InChI=1S/C22H38N2O6S2.BrH/c1-7-10-22(25)30-21-17-19(11-12-20(21)18(4)23(8-2)9-3)24(13-15-31(5,26)27)14-16-32(6,28)29;/h11-12,17-18H,7-10,13-16H2,1-6H3;1H. The number of hydrogen-bond acceptors (Lipinski definition) is 8. The first-order valence-corrected chi connectivity index (χ1v) is 15.1. The first-order chi connectivity index (χ1) is 14.8. The Labute approximate surface area is 210 Å². The average Bonchev–Trinajstić information content (AvgIpc) is 2.67. The van der Waals surface area contributed by atoms with Crippen LogP contribution >= 0.6 is 17.0 Å². The van der Waals surface area contributed by atoms with Crippen molar-refractivity contribution in [3.05, 3.63) is 23.8 Å². The number of ether oxygens (including phenoxy) is 1. The summed E-state index contributed by atoms with van der Waals surface area (Å²) in [6.45, 7) is 10.0. The zero-order chi connectivity index (χ0) is 24.5. The average molecular weight is 572 g/mol. The van der Waals surface area contributed by atoms with Crippen molar-refractivity contribution in [1.82, 2.24) is 4.90 Å². The lowest BCUT2D eigenvalue weighted by Crippen LogP contribution is -2.33. The molecule has 192 valence electrons.